The molecule has 0 aliphatic rings. The van der Waals surface area contributed by atoms with Crippen LogP contribution in [0.25, 0.3) is 0 Å². The molecule has 0 saturated heterocycles. The molecule has 0 spiro atoms. The smallest absolute Gasteiger partial charge is 0.128 e. The van der Waals surface area contributed by atoms with E-state index in [2.05, 4.69) is 13.8 Å². The molecular formula is C14H21F2NO. The summed E-state index contributed by atoms with van der Waals surface area (Å²) in [7, 11) is 0. The monoisotopic (exact) mass is 257 g/mol. The standard InChI is InChI=1S/C14H21F2NO/c1-9(2)6-10(3)18-8-14(17)12-7-11(15)4-5-13(12)16/h4-5,7,9-10,14H,6,8,17H2,1-3H3. The van der Waals surface area contributed by atoms with Crippen LogP contribution in [0.3, 0.4) is 0 Å². The molecule has 2 nitrogen and oxygen atoms in total. The van der Waals surface area contributed by atoms with Crippen LogP contribution in [0, 0.1) is 17.6 Å². The first kappa shape index (κ1) is 15.1. The van der Waals surface area contributed by atoms with Crippen molar-refractivity contribution in [2.24, 2.45) is 11.7 Å². The highest BCUT2D eigenvalue weighted by molar-refractivity contribution is 5.22. The summed E-state index contributed by atoms with van der Waals surface area (Å²) in [6.07, 6.45) is 0.978. The quantitative estimate of drug-likeness (QED) is 0.847. The lowest BCUT2D eigenvalue weighted by molar-refractivity contribution is 0.0425. The Morgan fingerprint density at radius 3 is 2.50 bits per heavy atom. The summed E-state index contributed by atoms with van der Waals surface area (Å²) < 4.78 is 32.0. The second-order valence-electron chi connectivity index (χ2n) is 5.05. The molecule has 2 unspecified atom stereocenters. The van der Waals surface area contributed by atoms with Crippen molar-refractivity contribution in [1.82, 2.24) is 0 Å². The minimum atomic E-state index is -0.643. The highest BCUT2D eigenvalue weighted by Gasteiger charge is 2.14. The lowest BCUT2D eigenvalue weighted by atomic mass is 10.1. The van der Waals surface area contributed by atoms with Gasteiger partial charge in [-0.25, -0.2) is 8.78 Å². The molecule has 0 fully saturated rings. The topological polar surface area (TPSA) is 35.2 Å². The third kappa shape index (κ3) is 4.70. The molecule has 1 aromatic carbocycles. The fraction of sp³-hybridized carbons (Fsp3) is 0.571. The number of benzene rings is 1. The van der Waals surface area contributed by atoms with Crippen molar-refractivity contribution < 1.29 is 13.5 Å². The maximum atomic E-state index is 13.5. The highest BCUT2D eigenvalue weighted by Crippen LogP contribution is 2.18. The van der Waals surface area contributed by atoms with Crippen LogP contribution in [0.4, 0.5) is 8.78 Å². The SMILES string of the molecule is CC(C)CC(C)OCC(N)c1cc(F)ccc1F. The van der Waals surface area contributed by atoms with Gasteiger partial charge in [-0.3, -0.25) is 0 Å². The van der Waals surface area contributed by atoms with E-state index in [4.69, 9.17) is 10.5 Å². The molecule has 1 rings (SSSR count). The van der Waals surface area contributed by atoms with Gasteiger partial charge in [-0.2, -0.15) is 0 Å². The summed E-state index contributed by atoms with van der Waals surface area (Å²) >= 11 is 0. The minimum Gasteiger partial charge on any atom is -0.377 e. The van der Waals surface area contributed by atoms with Crippen molar-refractivity contribution in [3.63, 3.8) is 0 Å². The van der Waals surface area contributed by atoms with Crippen molar-refractivity contribution in [1.29, 1.82) is 0 Å². The first-order valence-corrected chi connectivity index (χ1v) is 6.22. The lowest BCUT2D eigenvalue weighted by Crippen LogP contribution is -2.22. The number of nitrogens with two attached hydrogens (primary N) is 1. The van der Waals surface area contributed by atoms with E-state index >= 15 is 0 Å². The Kier molecular flexibility index (Phi) is 5.69. The van der Waals surface area contributed by atoms with Gasteiger partial charge in [0.15, 0.2) is 0 Å². The first-order valence-electron chi connectivity index (χ1n) is 6.22. The molecule has 102 valence electrons. The maximum Gasteiger partial charge on any atom is 0.128 e. The van der Waals surface area contributed by atoms with Crippen LogP contribution in [0.5, 0.6) is 0 Å². The van der Waals surface area contributed by atoms with Gasteiger partial charge in [-0.05, 0) is 37.5 Å². The Hall–Kier alpha value is -1.00. The van der Waals surface area contributed by atoms with Gasteiger partial charge >= 0.3 is 0 Å². The number of halogens is 2. The van der Waals surface area contributed by atoms with Crippen LogP contribution in [0.1, 0.15) is 38.8 Å². The number of hydrogen-bond donors (Lipinski definition) is 1. The van der Waals surface area contributed by atoms with Crippen LogP contribution in [0.15, 0.2) is 18.2 Å². The molecule has 0 amide bonds. The van der Waals surface area contributed by atoms with Crippen LogP contribution < -0.4 is 5.73 Å². The molecule has 0 bridgehead atoms. The predicted octanol–water partition coefficient (Wildman–Crippen LogP) is 3.42. The Balaban J connectivity index is 2.54. The first-order chi connectivity index (χ1) is 8.40. The predicted molar refractivity (Wildman–Crippen MR) is 68.2 cm³/mol. The van der Waals surface area contributed by atoms with E-state index in [-0.39, 0.29) is 18.3 Å². The summed E-state index contributed by atoms with van der Waals surface area (Å²) in [6.45, 7) is 6.35. The summed E-state index contributed by atoms with van der Waals surface area (Å²) in [5, 5.41) is 0. The Morgan fingerprint density at radius 2 is 1.89 bits per heavy atom. The highest BCUT2D eigenvalue weighted by atomic mass is 19.1. The second kappa shape index (κ2) is 6.81. The molecule has 2 atom stereocenters. The molecule has 18 heavy (non-hydrogen) atoms. The van der Waals surface area contributed by atoms with Gasteiger partial charge in [0.2, 0.25) is 0 Å². The molecule has 1 aromatic rings. The van der Waals surface area contributed by atoms with Crippen molar-refractivity contribution in [3.8, 4) is 0 Å². The van der Waals surface area contributed by atoms with Crippen LogP contribution in [0.2, 0.25) is 0 Å². The number of ether oxygens (including phenoxy) is 1. The fourth-order valence-corrected chi connectivity index (χ4v) is 1.89. The zero-order valence-electron chi connectivity index (χ0n) is 11.1. The van der Waals surface area contributed by atoms with Crippen molar-refractivity contribution >= 4 is 0 Å². The average molecular weight is 257 g/mol. The van der Waals surface area contributed by atoms with Gasteiger partial charge in [-0.1, -0.05) is 13.8 Å². The van der Waals surface area contributed by atoms with E-state index in [1.807, 2.05) is 6.92 Å². The molecule has 0 aliphatic carbocycles. The van der Waals surface area contributed by atoms with Crippen LogP contribution in [-0.4, -0.2) is 12.7 Å². The van der Waals surface area contributed by atoms with Gasteiger partial charge in [0.25, 0.3) is 0 Å². The zero-order chi connectivity index (χ0) is 13.7. The Morgan fingerprint density at radius 1 is 1.22 bits per heavy atom. The van der Waals surface area contributed by atoms with Gasteiger partial charge in [0.05, 0.1) is 18.8 Å². The van der Waals surface area contributed by atoms with E-state index in [0.29, 0.717) is 5.92 Å². The molecule has 0 aromatic heterocycles. The van der Waals surface area contributed by atoms with Crippen LogP contribution in [-0.2, 0) is 4.74 Å². The van der Waals surface area contributed by atoms with Gasteiger partial charge < -0.3 is 10.5 Å². The van der Waals surface area contributed by atoms with Gasteiger partial charge in [0.1, 0.15) is 11.6 Å². The summed E-state index contributed by atoms with van der Waals surface area (Å²) in [6, 6.07) is 2.64. The zero-order valence-corrected chi connectivity index (χ0v) is 11.1. The molecule has 0 aliphatic heterocycles. The van der Waals surface area contributed by atoms with Gasteiger partial charge in [-0.15, -0.1) is 0 Å². The molecule has 0 radical (unpaired) electrons. The van der Waals surface area contributed by atoms with E-state index in [0.717, 1.165) is 24.6 Å². The third-order valence-electron chi connectivity index (χ3n) is 2.72. The van der Waals surface area contributed by atoms with Crippen LogP contribution >= 0.6 is 0 Å². The van der Waals surface area contributed by atoms with E-state index in [1.165, 1.54) is 0 Å². The lowest BCUT2D eigenvalue weighted by Gasteiger charge is -2.19. The largest absolute Gasteiger partial charge is 0.377 e. The maximum absolute atomic E-state index is 13.5. The fourth-order valence-electron chi connectivity index (χ4n) is 1.89. The molecule has 0 heterocycles. The summed E-state index contributed by atoms with van der Waals surface area (Å²) in [5.41, 5.74) is 5.97. The van der Waals surface area contributed by atoms with Gasteiger partial charge in [0, 0.05) is 5.56 Å². The summed E-state index contributed by atoms with van der Waals surface area (Å²) in [5.74, 6) is -0.455. The van der Waals surface area contributed by atoms with E-state index in [1.54, 1.807) is 0 Å². The molecule has 0 saturated carbocycles. The second-order valence-corrected chi connectivity index (χ2v) is 5.05. The molecule has 4 heteroatoms. The van der Waals surface area contributed by atoms with Crippen molar-refractivity contribution in [3.05, 3.63) is 35.4 Å². The third-order valence-corrected chi connectivity index (χ3v) is 2.72. The Bertz CT molecular complexity index is 382. The summed E-state index contributed by atoms with van der Waals surface area (Å²) in [4.78, 5) is 0. The van der Waals surface area contributed by atoms with E-state index in [9.17, 15) is 8.78 Å². The number of hydrogen-bond acceptors (Lipinski definition) is 2. The molecular weight excluding hydrogens is 236 g/mol. The Labute approximate surface area is 107 Å². The van der Waals surface area contributed by atoms with E-state index < -0.39 is 17.7 Å². The van der Waals surface area contributed by atoms with Crippen molar-refractivity contribution in [2.45, 2.75) is 39.3 Å². The average Bonchev–Trinajstić information content (AvgIpc) is 2.28. The van der Waals surface area contributed by atoms with Crippen molar-refractivity contribution in [2.75, 3.05) is 6.61 Å². The minimum absolute atomic E-state index is 0.0627. The number of rotatable bonds is 6. The normalized spacial score (nSPS) is 14.8. The molecule has 2 N–H and O–H groups in total.